The summed E-state index contributed by atoms with van der Waals surface area (Å²) < 4.78 is 11.4. The molecule has 0 aromatic carbocycles. The molecule has 0 heterocycles. The highest BCUT2D eigenvalue weighted by molar-refractivity contribution is 7.31. The predicted octanol–water partition coefficient (Wildman–Crippen LogP) is 1.06. The normalized spacial score (nSPS) is 10.3. The minimum Gasteiger partial charge on any atom is -0.377 e. The van der Waals surface area contributed by atoms with Crippen LogP contribution in [0.3, 0.4) is 0 Å². The smallest absolute Gasteiger partial charge is 0.0990 e. The lowest BCUT2D eigenvalue weighted by atomic mass is 10.7. The van der Waals surface area contributed by atoms with Crippen LogP contribution in [0.1, 0.15) is 0 Å². The number of allylic oxidation sites excluding steroid dienone is 1. The van der Waals surface area contributed by atoms with Gasteiger partial charge in [0, 0.05) is 15.0 Å². The molecule has 0 bridgehead atoms. The summed E-state index contributed by atoms with van der Waals surface area (Å²) in [5.41, 5.74) is 0. The van der Waals surface area contributed by atoms with Gasteiger partial charge in [0.1, 0.15) is 0 Å². The van der Waals surface area contributed by atoms with Gasteiger partial charge in [-0.2, -0.15) is 0 Å². The number of hydrogen-bond donors (Lipinski definition) is 1. The van der Waals surface area contributed by atoms with Gasteiger partial charge in [-0.05, 0) is 0 Å². The van der Waals surface area contributed by atoms with Crippen LogP contribution in [0.25, 0.3) is 0 Å². The number of halogens is 1. The van der Waals surface area contributed by atoms with Gasteiger partial charge in [0.15, 0.2) is 0 Å². The van der Waals surface area contributed by atoms with Crippen LogP contribution in [0, 0.1) is 0 Å². The maximum absolute atomic E-state index is 11.4. The lowest BCUT2D eigenvalue weighted by molar-refractivity contribution is 0.618. The third-order valence-electron chi connectivity index (χ3n) is 0.271. The van der Waals surface area contributed by atoms with E-state index in [1.54, 1.807) is 0 Å². The van der Waals surface area contributed by atoms with Gasteiger partial charge in [0.2, 0.25) is 0 Å². The summed E-state index contributed by atoms with van der Waals surface area (Å²) >= 11 is 0. The molecule has 0 aliphatic rings. The Bertz CT molecular complexity index is 54.8. The molecule has 0 aromatic rings. The SMILES string of the molecule is C=C(F)CPO. The molecule has 0 spiro atoms. The van der Waals surface area contributed by atoms with Crippen molar-refractivity contribution in [1.82, 2.24) is 0 Å². The van der Waals surface area contributed by atoms with Crippen molar-refractivity contribution < 1.29 is 9.28 Å². The van der Waals surface area contributed by atoms with Crippen molar-refractivity contribution in [3.05, 3.63) is 12.4 Å². The van der Waals surface area contributed by atoms with Crippen LogP contribution in [0.15, 0.2) is 12.4 Å². The summed E-state index contributed by atoms with van der Waals surface area (Å²) in [7, 11) is -0.336. The highest BCUT2D eigenvalue weighted by Crippen LogP contribution is 2.06. The standard InChI is InChI=1S/C3H6FOP/c1-3(4)2-6-5/h5-6H,1-2H2. The minimum absolute atomic E-state index is 0.0972. The maximum Gasteiger partial charge on any atom is 0.0990 e. The van der Waals surface area contributed by atoms with E-state index in [2.05, 4.69) is 6.58 Å². The zero-order chi connectivity index (χ0) is 4.99. The van der Waals surface area contributed by atoms with Crippen molar-refractivity contribution in [2.75, 3.05) is 6.16 Å². The fourth-order valence-electron chi connectivity index (χ4n) is 0.0858. The maximum atomic E-state index is 11.4. The van der Waals surface area contributed by atoms with E-state index in [4.69, 9.17) is 4.89 Å². The van der Waals surface area contributed by atoms with Crippen LogP contribution < -0.4 is 0 Å². The predicted molar refractivity (Wildman–Crippen MR) is 25.6 cm³/mol. The molecule has 0 aromatic heterocycles. The molecule has 0 rings (SSSR count). The van der Waals surface area contributed by atoms with Crippen LogP contribution in [0.4, 0.5) is 4.39 Å². The third-order valence-corrected chi connectivity index (χ3v) is 0.813. The first kappa shape index (κ1) is 6.06. The summed E-state index contributed by atoms with van der Waals surface area (Å²) in [4.78, 5) is 7.96. The zero-order valence-electron chi connectivity index (χ0n) is 3.24. The first-order valence-electron chi connectivity index (χ1n) is 1.47. The highest BCUT2D eigenvalue weighted by Gasteiger charge is 1.82. The molecular weight excluding hydrogens is 102 g/mol. The Morgan fingerprint density at radius 2 is 2.50 bits per heavy atom. The number of rotatable bonds is 2. The Kier molecular flexibility index (Phi) is 3.29. The Hall–Kier alpha value is 0.0600. The lowest BCUT2D eigenvalue weighted by Crippen LogP contribution is -1.68. The lowest BCUT2D eigenvalue weighted by Gasteiger charge is -1.82. The molecule has 0 saturated heterocycles. The van der Waals surface area contributed by atoms with E-state index in [1.165, 1.54) is 0 Å². The molecule has 6 heavy (non-hydrogen) atoms. The highest BCUT2D eigenvalue weighted by atomic mass is 31.1. The molecule has 1 unspecified atom stereocenters. The average molecular weight is 108 g/mol. The first-order valence-corrected chi connectivity index (χ1v) is 2.63. The summed E-state index contributed by atoms with van der Waals surface area (Å²) in [6.07, 6.45) is 0.0972. The molecular formula is C3H6FOP. The molecule has 1 atom stereocenters. The molecule has 1 N–H and O–H groups in total. The Morgan fingerprint density at radius 3 is 2.50 bits per heavy atom. The van der Waals surface area contributed by atoms with Gasteiger partial charge in [-0.3, -0.25) is 0 Å². The fourth-order valence-corrected chi connectivity index (χ4v) is 0.257. The molecule has 0 fully saturated rings. The molecule has 0 radical (unpaired) electrons. The van der Waals surface area contributed by atoms with Gasteiger partial charge < -0.3 is 4.89 Å². The molecule has 3 heteroatoms. The second-order valence-corrected chi connectivity index (χ2v) is 1.52. The first-order chi connectivity index (χ1) is 2.77. The van der Waals surface area contributed by atoms with Gasteiger partial charge in [0.05, 0.1) is 5.83 Å². The molecule has 0 aliphatic heterocycles. The van der Waals surface area contributed by atoms with Crippen LogP contribution in [-0.4, -0.2) is 11.1 Å². The van der Waals surface area contributed by atoms with E-state index in [0.717, 1.165) is 0 Å². The largest absolute Gasteiger partial charge is 0.377 e. The Labute approximate surface area is 37.7 Å². The van der Waals surface area contributed by atoms with E-state index >= 15 is 0 Å². The van der Waals surface area contributed by atoms with Crippen molar-refractivity contribution in [2.24, 2.45) is 0 Å². The molecule has 36 valence electrons. The van der Waals surface area contributed by atoms with Gasteiger partial charge in [-0.25, -0.2) is 4.39 Å². The van der Waals surface area contributed by atoms with Crippen molar-refractivity contribution in [3.8, 4) is 0 Å². The molecule has 0 saturated carbocycles. The van der Waals surface area contributed by atoms with E-state index < -0.39 is 5.83 Å². The van der Waals surface area contributed by atoms with Gasteiger partial charge in [-0.1, -0.05) is 6.58 Å². The van der Waals surface area contributed by atoms with E-state index in [-0.39, 0.29) is 15.0 Å². The zero-order valence-corrected chi connectivity index (χ0v) is 4.24. The summed E-state index contributed by atoms with van der Waals surface area (Å²) in [5, 5.41) is 0. The van der Waals surface area contributed by atoms with Crippen molar-refractivity contribution in [3.63, 3.8) is 0 Å². The summed E-state index contributed by atoms with van der Waals surface area (Å²) in [5.74, 6) is -0.448. The van der Waals surface area contributed by atoms with Crippen molar-refractivity contribution in [1.29, 1.82) is 0 Å². The van der Waals surface area contributed by atoms with Crippen LogP contribution in [-0.2, 0) is 0 Å². The van der Waals surface area contributed by atoms with Gasteiger partial charge >= 0.3 is 0 Å². The Balaban J connectivity index is 2.83. The summed E-state index contributed by atoms with van der Waals surface area (Å²) in [6.45, 7) is 2.93. The van der Waals surface area contributed by atoms with Gasteiger partial charge in [-0.15, -0.1) is 0 Å². The van der Waals surface area contributed by atoms with E-state index in [0.29, 0.717) is 0 Å². The molecule has 1 nitrogen and oxygen atoms in total. The van der Waals surface area contributed by atoms with Crippen LogP contribution in [0.2, 0.25) is 0 Å². The topological polar surface area (TPSA) is 20.2 Å². The third kappa shape index (κ3) is 4.06. The average Bonchev–Trinajstić information content (AvgIpc) is 1.35. The second-order valence-electron chi connectivity index (χ2n) is 0.852. The van der Waals surface area contributed by atoms with Crippen molar-refractivity contribution in [2.45, 2.75) is 0 Å². The second kappa shape index (κ2) is 3.26. The Morgan fingerprint density at radius 1 is 2.00 bits per heavy atom. The summed E-state index contributed by atoms with van der Waals surface area (Å²) in [6, 6.07) is 0. The fraction of sp³-hybridized carbons (Fsp3) is 0.333. The number of hydrogen-bond acceptors (Lipinski definition) is 1. The molecule has 0 amide bonds. The monoisotopic (exact) mass is 108 g/mol. The van der Waals surface area contributed by atoms with Crippen LogP contribution in [0.5, 0.6) is 0 Å². The minimum atomic E-state index is -0.448. The molecule has 0 aliphatic carbocycles. The van der Waals surface area contributed by atoms with E-state index in [1.807, 2.05) is 0 Å². The van der Waals surface area contributed by atoms with Crippen molar-refractivity contribution >= 4 is 8.81 Å². The van der Waals surface area contributed by atoms with Gasteiger partial charge in [0.25, 0.3) is 0 Å². The van der Waals surface area contributed by atoms with Crippen LogP contribution >= 0.6 is 8.81 Å². The van der Waals surface area contributed by atoms with E-state index in [9.17, 15) is 4.39 Å². The quantitative estimate of drug-likeness (QED) is 0.524.